The van der Waals surface area contributed by atoms with Gasteiger partial charge in [0, 0.05) is 23.5 Å². The van der Waals surface area contributed by atoms with Gasteiger partial charge in [0.2, 0.25) is 0 Å². The number of benzene rings is 1. The second-order valence-electron chi connectivity index (χ2n) is 7.01. The minimum atomic E-state index is -0.400. The largest absolute Gasteiger partial charge is 0.356 e. The number of nitrogens with zero attached hydrogens (tertiary/aromatic N) is 4. The number of fused-ring (bicyclic) bond motifs is 2. The Labute approximate surface area is 181 Å². The Morgan fingerprint density at radius 2 is 1.97 bits per heavy atom. The number of hydrogen-bond donors (Lipinski definition) is 0. The van der Waals surface area contributed by atoms with Gasteiger partial charge in [0.1, 0.15) is 9.92 Å². The van der Waals surface area contributed by atoms with Crippen LogP contribution in [0.3, 0.4) is 0 Å². The van der Waals surface area contributed by atoms with E-state index in [0.717, 1.165) is 19.3 Å². The summed E-state index contributed by atoms with van der Waals surface area (Å²) in [6.07, 6.45) is 5.44. The number of anilines is 2. The van der Waals surface area contributed by atoms with Crippen molar-refractivity contribution in [3.63, 3.8) is 0 Å². The van der Waals surface area contributed by atoms with E-state index in [2.05, 4.69) is 10.1 Å². The van der Waals surface area contributed by atoms with Crippen molar-refractivity contribution < 1.29 is 9.53 Å². The van der Waals surface area contributed by atoms with Gasteiger partial charge in [-0.25, -0.2) is 4.98 Å². The first-order chi connectivity index (χ1) is 14.6. The van der Waals surface area contributed by atoms with Gasteiger partial charge < -0.3 is 4.74 Å². The normalized spacial score (nSPS) is 18.5. The summed E-state index contributed by atoms with van der Waals surface area (Å²) in [7, 11) is 0. The van der Waals surface area contributed by atoms with Gasteiger partial charge in [-0.3, -0.25) is 14.5 Å². The van der Waals surface area contributed by atoms with Crippen molar-refractivity contribution in [2.45, 2.75) is 35.4 Å². The molecule has 2 aliphatic heterocycles. The van der Waals surface area contributed by atoms with Gasteiger partial charge in [-0.15, -0.1) is 0 Å². The lowest BCUT2D eigenvalue weighted by molar-refractivity contribution is -0.0429. The number of carbonyl (C=O) groups excluding carboxylic acids is 1. The lowest BCUT2D eigenvalue weighted by atomic mass is 10.2. The van der Waals surface area contributed by atoms with Gasteiger partial charge in [0.25, 0.3) is 11.5 Å². The highest BCUT2D eigenvalue weighted by atomic mass is 35.5. The van der Waals surface area contributed by atoms with E-state index in [1.54, 1.807) is 48.8 Å². The Morgan fingerprint density at radius 3 is 2.73 bits per heavy atom. The van der Waals surface area contributed by atoms with Gasteiger partial charge in [-0.05, 0) is 55.7 Å². The van der Waals surface area contributed by atoms with Crippen LogP contribution in [-0.4, -0.2) is 27.3 Å². The third-order valence-corrected chi connectivity index (χ3v) is 6.46. The average molecular weight is 441 g/mol. The number of carbonyl (C=O) groups is 1. The van der Waals surface area contributed by atoms with E-state index in [9.17, 15) is 9.59 Å². The number of amides is 1. The van der Waals surface area contributed by atoms with Gasteiger partial charge in [-0.2, -0.15) is 9.78 Å². The number of pyridine rings is 1. The molecule has 0 saturated carbocycles. The Kier molecular flexibility index (Phi) is 5.06. The van der Waals surface area contributed by atoms with Crippen LogP contribution in [0.1, 0.15) is 35.8 Å². The van der Waals surface area contributed by atoms with Crippen molar-refractivity contribution in [2.75, 3.05) is 11.5 Å². The van der Waals surface area contributed by atoms with Crippen LogP contribution < -0.4 is 10.5 Å². The summed E-state index contributed by atoms with van der Waals surface area (Å²) in [5.41, 5.74) is 1.14. The monoisotopic (exact) mass is 440 g/mol. The quantitative estimate of drug-likeness (QED) is 0.586. The molecule has 0 radical (unpaired) electrons. The first-order valence-corrected chi connectivity index (χ1v) is 10.8. The van der Waals surface area contributed by atoms with E-state index >= 15 is 0 Å². The fourth-order valence-electron chi connectivity index (χ4n) is 3.63. The maximum absolute atomic E-state index is 13.5. The predicted molar refractivity (Wildman–Crippen MR) is 114 cm³/mol. The molecule has 9 heteroatoms. The van der Waals surface area contributed by atoms with Crippen LogP contribution in [0.4, 0.5) is 11.4 Å². The molecule has 0 N–H and O–H groups in total. The van der Waals surface area contributed by atoms with Gasteiger partial charge in [-0.1, -0.05) is 23.4 Å². The van der Waals surface area contributed by atoms with Gasteiger partial charge in [0.15, 0.2) is 6.23 Å². The number of hydrogen-bond acceptors (Lipinski definition) is 6. The fraction of sp³-hybridized carbons (Fsp3) is 0.238. The van der Waals surface area contributed by atoms with Crippen molar-refractivity contribution in [3.8, 4) is 0 Å². The molecule has 0 aliphatic carbocycles. The van der Waals surface area contributed by atoms with Crippen molar-refractivity contribution in [1.82, 2.24) is 14.8 Å². The standard InChI is InChI=1S/C21H17ClN4O3S/c22-13-6-8-14(9-7-13)25-16-12-24-26(17-5-1-2-11-29-17)21(28)18(16)30-19-15(20(25)27)4-3-10-23-19/h3-4,6-10,12,17H,1-2,5,11H2/t17-/m1/s1. The summed E-state index contributed by atoms with van der Waals surface area (Å²) in [6, 6.07) is 10.3. The number of halogens is 1. The lowest BCUT2D eigenvalue weighted by Gasteiger charge is -2.26. The molecular formula is C21H17ClN4O3S. The van der Waals surface area contributed by atoms with E-state index in [-0.39, 0.29) is 11.5 Å². The predicted octanol–water partition coefficient (Wildman–Crippen LogP) is 4.43. The number of ether oxygens (including phenoxy) is 1. The molecule has 0 bridgehead atoms. The number of rotatable bonds is 2. The molecule has 7 nitrogen and oxygen atoms in total. The maximum atomic E-state index is 13.5. The van der Waals surface area contributed by atoms with E-state index in [4.69, 9.17) is 16.3 Å². The first kappa shape index (κ1) is 19.3. The molecule has 1 amide bonds. The van der Waals surface area contributed by atoms with Crippen LogP contribution in [0.25, 0.3) is 0 Å². The van der Waals surface area contributed by atoms with E-state index < -0.39 is 6.23 Å². The highest BCUT2D eigenvalue weighted by molar-refractivity contribution is 7.99. The minimum absolute atomic E-state index is 0.278. The van der Waals surface area contributed by atoms with Crippen molar-refractivity contribution in [1.29, 1.82) is 0 Å². The van der Waals surface area contributed by atoms with E-state index in [1.807, 2.05) is 0 Å². The van der Waals surface area contributed by atoms with E-state index in [0.29, 0.717) is 38.5 Å². The summed E-state index contributed by atoms with van der Waals surface area (Å²) in [4.78, 5) is 33.1. The zero-order chi connectivity index (χ0) is 20.7. The maximum Gasteiger partial charge on any atom is 0.285 e. The molecule has 0 spiro atoms. The third-order valence-electron chi connectivity index (χ3n) is 5.10. The summed E-state index contributed by atoms with van der Waals surface area (Å²) >= 11 is 7.22. The molecule has 0 unspecified atom stereocenters. The first-order valence-electron chi connectivity index (χ1n) is 9.60. The van der Waals surface area contributed by atoms with Crippen LogP contribution >= 0.6 is 23.4 Å². The molecule has 1 fully saturated rings. The van der Waals surface area contributed by atoms with Crippen molar-refractivity contribution in [3.05, 3.63) is 69.7 Å². The average Bonchev–Trinajstić information content (AvgIpc) is 2.90. The lowest BCUT2D eigenvalue weighted by Crippen LogP contribution is -2.34. The highest BCUT2D eigenvalue weighted by Crippen LogP contribution is 2.41. The number of aromatic nitrogens is 3. The van der Waals surface area contributed by atoms with Gasteiger partial charge in [0.05, 0.1) is 17.4 Å². The SMILES string of the molecule is O=C1c2cccnc2Sc2c(cnn([C@H]3CCCCO3)c2=O)N1c1ccc(Cl)cc1. The molecule has 4 heterocycles. The molecule has 2 aromatic heterocycles. The van der Waals surface area contributed by atoms with Crippen molar-refractivity contribution >= 4 is 40.6 Å². The van der Waals surface area contributed by atoms with Crippen LogP contribution in [0.15, 0.2) is 63.5 Å². The Hall–Kier alpha value is -2.68. The van der Waals surface area contributed by atoms with Crippen LogP contribution in [0.5, 0.6) is 0 Å². The fourth-order valence-corrected chi connectivity index (χ4v) is 4.75. The Morgan fingerprint density at radius 1 is 1.13 bits per heavy atom. The summed E-state index contributed by atoms with van der Waals surface area (Å²) < 4.78 is 7.14. The van der Waals surface area contributed by atoms with Crippen LogP contribution in [-0.2, 0) is 4.74 Å². The molecular weight excluding hydrogens is 424 g/mol. The van der Waals surface area contributed by atoms with Gasteiger partial charge >= 0.3 is 0 Å². The zero-order valence-corrected chi connectivity index (χ0v) is 17.4. The molecule has 152 valence electrons. The Balaban J connectivity index is 1.71. The smallest absolute Gasteiger partial charge is 0.285 e. The summed E-state index contributed by atoms with van der Waals surface area (Å²) in [5.74, 6) is -0.278. The van der Waals surface area contributed by atoms with Crippen LogP contribution in [0, 0.1) is 0 Å². The topological polar surface area (TPSA) is 77.3 Å². The molecule has 2 aliphatic rings. The second kappa shape index (κ2) is 7.86. The summed E-state index contributed by atoms with van der Waals surface area (Å²) in [5, 5.41) is 5.41. The minimum Gasteiger partial charge on any atom is -0.356 e. The highest BCUT2D eigenvalue weighted by Gasteiger charge is 2.33. The molecule has 1 aromatic carbocycles. The molecule has 1 atom stereocenters. The summed E-state index contributed by atoms with van der Waals surface area (Å²) in [6.45, 7) is 0.600. The molecule has 1 saturated heterocycles. The molecule has 3 aromatic rings. The Bertz CT molecular complexity index is 1180. The third kappa shape index (κ3) is 3.30. The molecule has 5 rings (SSSR count). The second-order valence-corrected chi connectivity index (χ2v) is 8.44. The molecule has 30 heavy (non-hydrogen) atoms. The van der Waals surface area contributed by atoms with Crippen molar-refractivity contribution in [2.24, 2.45) is 0 Å². The zero-order valence-electron chi connectivity index (χ0n) is 15.8. The van der Waals surface area contributed by atoms with E-state index in [1.165, 1.54) is 21.3 Å². The van der Waals surface area contributed by atoms with Crippen LogP contribution in [0.2, 0.25) is 5.02 Å².